The molecule has 0 spiro atoms. The molecule has 0 radical (unpaired) electrons. The standard InChI is InChI=1S/C18H25N3O2S/c1-14(2)18-16(11-19-10-15-8-9-24(22,23)13-15)12-21(20-18)17-6-4-3-5-7-17/h3-7,12,14-15,19H,8-11,13H2,1-2H3. The topological polar surface area (TPSA) is 64.0 Å². The van der Waals surface area contributed by atoms with Crippen molar-refractivity contribution in [1.29, 1.82) is 0 Å². The van der Waals surface area contributed by atoms with Crippen molar-refractivity contribution >= 4 is 9.84 Å². The van der Waals surface area contributed by atoms with Gasteiger partial charge in [-0.15, -0.1) is 0 Å². The third kappa shape index (κ3) is 4.05. The summed E-state index contributed by atoms with van der Waals surface area (Å²) in [7, 11) is -2.80. The van der Waals surface area contributed by atoms with Crippen LogP contribution in [0, 0.1) is 5.92 Å². The lowest BCUT2D eigenvalue weighted by atomic mass is 10.1. The van der Waals surface area contributed by atoms with Crippen LogP contribution in [-0.2, 0) is 16.4 Å². The summed E-state index contributed by atoms with van der Waals surface area (Å²) in [4.78, 5) is 0. The third-order valence-electron chi connectivity index (χ3n) is 4.47. The molecule has 1 aliphatic rings. The van der Waals surface area contributed by atoms with E-state index >= 15 is 0 Å². The highest BCUT2D eigenvalue weighted by molar-refractivity contribution is 7.91. The molecule has 1 aliphatic heterocycles. The summed E-state index contributed by atoms with van der Waals surface area (Å²) in [5.74, 6) is 1.24. The lowest BCUT2D eigenvalue weighted by molar-refractivity contribution is 0.519. The second kappa shape index (κ2) is 7.07. The van der Waals surface area contributed by atoms with Crippen molar-refractivity contribution in [2.75, 3.05) is 18.1 Å². The van der Waals surface area contributed by atoms with E-state index in [1.165, 1.54) is 5.56 Å². The SMILES string of the molecule is CC(C)c1nn(-c2ccccc2)cc1CNCC1CCS(=O)(=O)C1. The minimum atomic E-state index is -2.80. The average Bonchev–Trinajstić information content (AvgIpc) is 3.12. The molecule has 1 aromatic heterocycles. The molecule has 1 saturated heterocycles. The number of nitrogens with one attached hydrogen (secondary N) is 1. The summed E-state index contributed by atoms with van der Waals surface area (Å²) in [6.07, 6.45) is 2.85. The molecule has 2 heterocycles. The summed E-state index contributed by atoms with van der Waals surface area (Å²) in [5.41, 5.74) is 3.31. The molecular formula is C18H25N3O2S. The maximum absolute atomic E-state index is 11.5. The van der Waals surface area contributed by atoms with Gasteiger partial charge in [-0.2, -0.15) is 5.10 Å². The van der Waals surface area contributed by atoms with Gasteiger partial charge < -0.3 is 5.32 Å². The highest BCUT2D eigenvalue weighted by atomic mass is 32.2. The maximum atomic E-state index is 11.5. The van der Waals surface area contributed by atoms with Crippen molar-refractivity contribution in [1.82, 2.24) is 15.1 Å². The quantitative estimate of drug-likeness (QED) is 0.872. The molecule has 0 saturated carbocycles. The molecule has 3 rings (SSSR count). The highest BCUT2D eigenvalue weighted by Crippen LogP contribution is 2.21. The number of hydrogen-bond acceptors (Lipinski definition) is 4. The van der Waals surface area contributed by atoms with Crippen LogP contribution in [0.1, 0.15) is 37.4 Å². The fourth-order valence-electron chi connectivity index (χ4n) is 3.20. The van der Waals surface area contributed by atoms with Crippen LogP contribution in [-0.4, -0.2) is 36.2 Å². The molecule has 5 nitrogen and oxygen atoms in total. The van der Waals surface area contributed by atoms with Gasteiger partial charge in [-0.1, -0.05) is 32.0 Å². The van der Waals surface area contributed by atoms with Gasteiger partial charge in [0.15, 0.2) is 9.84 Å². The van der Waals surface area contributed by atoms with E-state index in [-0.39, 0.29) is 5.92 Å². The number of sulfone groups is 1. The zero-order valence-corrected chi connectivity index (χ0v) is 15.1. The summed E-state index contributed by atoms with van der Waals surface area (Å²) in [6, 6.07) is 10.1. The Hall–Kier alpha value is -1.66. The zero-order valence-electron chi connectivity index (χ0n) is 14.3. The Balaban J connectivity index is 1.67. The Morgan fingerprint density at radius 2 is 2.04 bits per heavy atom. The van der Waals surface area contributed by atoms with E-state index in [2.05, 4.69) is 25.4 Å². The van der Waals surface area contributed by atoms with Crippen molar-refractivity contribution in [2.45, 2.75) is 32.7 Å². The Morgan fingerprint density at radius 3 is 2.67 bits per heavy atom. The van der Waals surface area contributed by atoms with Gasteiger partial charge in [-0.05, 0) is 36.9 Å². The molecule has 0 bridgehead atoms. The van der Waals surface area contributed by atoms with Gasteiger partial charge in [0.2, 0.25) is 0 Å². The molecule has 130 valence electrons. The molecule has 6 heteroatoms. The Morgan fingerprint density at radius 1 is 1.29 bits per heavy atom. The van der Waals surface area contributed by atoms with Gasteiger partial charge in [-0.3, -0.25) is 0 Å². The van der Waals surface area contributed by atoms with Crippen LogP contribution >= 0.6 is 0 Å². The fourth-order valence-corrected chi connectivity index (χ4v) is 5.06. The number of aromatic nitrogens is 2. The van der Waals surface area contributed by atoms with Crippen LogP contribution in [0.4, 0.5) is 0 Å². The summed E-state index contributed by atoms with van der Waals surface area (Å²) in [5, 5.41) is 8.16. The van der Waals surface area contributed by atoms with Gasteiger partial charge in [0.05, 0.1) is 22.9 Å². The molecule has 24 heavy (non-hydrogen) atoms. The molecule has 1 fully saturated rings. The van der Waals surface area contributed by atoms with Crippen LogP contribution < -0.4 is 5.32 Å². The van der Waals surface area contributed by atoms with E-state index in [4.69, 9.17) is 5.10 Å². The van der Waals surface area contributed by atoms with Crippen LogP contribution in [0.5, 0.6) is 0 Å². The van der Waals surface area contributed by atoms with Crippen molar-refractivity contribution in [3.05, 3.63) is 47.8 Å². The monoisotopic (exact) mass is 347 g/mol. The first kappa shape index (κ1) is 17.2. The van der Waals surface area contributed by atoms with Crippen LogP contribution in [0.25, 0.3) is 5.69 Å². The van der Waals surface area contributed by atoms with E-state index < -0.39 is 9.84 Å². The molecule has 1 aromatic carbocycles. The molecule has 1 unspecified atom stereocenters. The normalized spacial score (nSPS) is 19.9. The first-order valence-corrected chi connectivity index (χ1v) is 10.3. The first-order chi connectivity index (χ1) is 11.4. The van der Waals surface area contributed by atoms with Crippen LogP contribution in [0.3, 0.4) is 0 Å². The number of nitrogens with zero attached hydrogens (tertiary/aromatic N) is 2. The number of hydrogen-bond donors (Lipinski definition) is 1. The van der Waals surface area contributed by atoms with E-state index in [9.17, 15) is 8.42 Å². The summed E-state index contributed by atoms with van der Waals surface area (Å²) in [6.45, 7) is 5.75. The fraction of sp³-hybridized carbons (Fsp3) is 0.500. The molecule has 1 atom stereocenters. The van der Waals surface area contributed by atoms with Crippen LogP contribution in [0.15, 0.2) is 36.5 Å². The zero-order chi connectivity index (χ0) is 17.2. The van der Waals surface area contributed by atoms with E-state index in [0.29, 0.717) is 17.4 Å². The minimum Gasteiger partial charge on any atom is -0.312 e. The van der Waals surface area contributed by atoms with Gasteiger partial charge in [-0.25, -0.2) is 13.1 Å². The molecular weight excluding hydrogens is 322 g/mol. The van der Waals surface area contributed by atoms with Gasteiger partial charge in [0.1, 0.15) is 0 Å². The molecule has 0 amide bonds. The number of rotatable bonds is 6. The van der Waals surface area contributed by atoms with E-state index in [1.54, 1.807) is 0 Å². The predicted molar refractivity (Wildman–Crippen MR) is 96.1 cm³/mol. The molecule has 1 N–H and O–H groups in total. The Kier molecular flexibility index (Phi) is 5.06. The maximum Gasteiger partial charge on any atom is 0.150 e. The van der Waals surface area contributed by atoms with Crippen LogP contribution in [0.2, 0.25) is 0 Å². The second-order valence-electron chi connectivity index (χ2n) is 6.87. The van der Waals surface area contributed by atoms with Crippen molar-refractivity contribution in [3.63, 3.8) is 0 Å². The largest absolute Gasteiger partial charge is 0.312 e. The Bertz CT molecular complexity index is 782. The van der Waals surface area contributed by atoms with E-state index in [1.807, 2.05) is 35.0 Å². The number of benzene rings is 1. The summed E-state index contributed by atoms with van der Waals surface area (Å²) >= 11 is 0. The summed E-state index contributed by atoms with van der Waals surface area (Å²) < 4.78 is 25.0. The smallest absolute Gasteiger partial charge is 0.150 e. The van der Waals surface area contributed by atoms with Crippen molar-refractivity contribution in [3.8, 4) is 5.69 Å². The lowest BCUT2D eigenvalue weighted by Crippen LogP contribution is -2.23. The van der Waals surface area contributed by atoms with Gasteiger partial charge in [0, 0.05) is 18.3 Å². The molecule has 2 aromatic rings. The van der Waals surface area contributed by atoms with Gasteiger partial charge in [0.25, 0.3) is 0 Å². The third-order valence-corrected chi connectivity index (χ3v) is 6.30. The van der Waals surface area contributed by atoms with Gasteiger partial charge >= 0.3 is 0 Å². The highest BCUT2D eigenvalue weighted by Gasteiger charge is 2.27. The average molecular weight is 347 g/mol. The Labute approximate surface area is 144 Å². The minimum absolute atomic E-state index is 0.238. The molecule has 0 aliphatic carbocycles. The number of para-hydroxylation sites is 1. The predicted octanol–water partition coefficient (Wildman–Crippen LogP) is 2.52. The first-order valence-electron chi connectivity index (χ1n) is 8.49. The van der Waals surface area contributed by atoms with Crippen molar-refractivity contribution < 1.29 is 8.42 Å². The second-order valence-corrected chi connectivity index (χ2v) is 9.10. The van der Waals surface area contributed by atoms with E-state index in [0.717, 1.165) is 30.9 Å². The lowest BCUT2D eigenvalue weighted by Gasteiger charge is -2.10. The van der Waals surface area contributed by atoms with Crippen molar-refractivity contribution in [2.24, 2.45) is 5.92 Å².